The van der Waals surface area contributed by atoms with Crippen molar-refractivity contribution in [2.45, 2.75) is 180 Å². The van der Waals surface area contributed by atoms with Crippen LogP contribution in [-0.2, 0) is 9.59 Å². The van der Waals surface area contributed by atoms with Gasteiger partial charge in [-0.15, -0.1) is 37.2 Å². The second-order valence-corrected chi connectivity index (χ2v) is 13.0. The number of rotatable bonds is 32. The molecule has 12 heteroatoms. The third-order valence-electron chi connectivity index (χ3n) is 8.80. The van der Waals surface area contributed by atoms with Gasteiger partial charge in [0.1, 0.15) is 0 Å². The topological polar surface area (TPSA) is 180 Å². The number of nitrogens with two attached hydrogens (primary N) is 5. The number of nitrogens with zero attached hydrogens (tertiary/aromatic N) is 2. The molecule has 47 heavy (non-hydrogen) atoms. The van der Waals surface area contributed by atoms with Crippen molar-refractivity contribution in [1.82, 2.24) is 4.90 Å². The largest absolute Gasteiger partial charge is 0.370 e. The van der Waals surface area contributed by atoms with Gasteiger partial charge in [-0.3, -0.25) is 14.6 Å². The number of aliphatic imine (C=N–C) groups is 1. The molecule has 0 radical (unpaired) electrons. The molecule has 0 aliphatic rings. The summed E-state index contributed by atoms with van der Waals surface area (Å²) in [5, 5.41) is 0. The van der Waals surface area contributed by atoms with Crippen LogP contribution >= 0.6 is 37.2 Å². The number of hydrogen-bond acceptors (Lipinski definition) is 6. The van der Waals surface area contributed by atoms with Crippen LogP contribution in [-0.4, -0.2) is 60.3 Å². The van der Waals surface area contributed by atoms with E-state index in [1.54, 1.807) is 4.90 Å². The van der Waals surface area contributed by atoms with E-state index in [0.29, 0.717) is 32.5 Å². The molecule has 0 saturated carbocycles. The summed E-state index contributed by atoms with van der Waals surface area (Å²) >= 11 is 0. The lowest BCUT2D eigenvalue weighted by atomic mass is 9.87. The quantitative estimate of drug-likeness (QED) is 0.0208. The summed E-state index contributed by atoms with van der Waals surface area (Å²) < 4.78 is 0. The van der Waals surface area contributed by atoms with Crippen LogP contribution < -0.4 is 28.7 Å². The first-order valence-electron chi connectivity index (χ1n) is 18.4. The molecule has 0 aliphatic heterocycles. The molecule has 0 aliphatic carbocycles. The molecule has 284 valence electrons. The van der Waals surface area contributed by atoms with E-state index in [-0.39, 0.29) is 55.6 Å². The van der Waals surface area contributed by atoms with Crippen molar-refractivity contribution in [3.05, 3.63) is 0 Å². The molecular weight excluding hydrogens is 657 g/mol. The Balaban J connectivity index is -0.00000308. The third kappa shape index (κ3) is 27.6. The van der Waals surface area contributed by atoms with E-state index in [2.05, 4.69) is 18.8 Å². The average Bonchev–Trinajstić information content (AvgIpc) is 3.02. The molecule has 0 heterocycles. The van der Waals surface area contributed by atoms with Crippen LogP contribution in [0.2, 0.25) is 0 Å². The zero-order valence-electron chi connectivity index (χ0n) is 30.2. The van der Waals surface area contributed by atoms with Crippen molar-refractivity contribution < 1.29 is 9.59 Å². The van der Waals surface area contributed by atoms with E-state index in [1.165, 1.54) is 116 Å². The lowest BCUT2D eigenvalue weighted by Gasteiger charge is -2.34. The molecule has 10 N–H and O–H groups in total. The fourth-order valence-electron chi connectivity index (χ4n) is 5.81. The number of carbonyl (C=O) groups excluding carboxylic acids is 2. The second-order valence-electron chi connectivity index (χ2n) is 13.0. The predicted octanol–water partition coefficient (Wildman–Crippen LogP) is 7.31. The first-order chi connectivity index (χ1) is 21.2. The van der Waals surface area contributed by atoms with Crippen molar-refractivity contribution in [3.63, 3.8) is 0 Å². The summed E-state index contributed by atoms with van der Waals surface area (Å²) in [5.41, 5.74) is 27.6. The maximum atomic E-state index is 13.8. The van der Waals surface area contributed by atoms with Crippen LogP contribution in [0.3, 0.4) is 0 Å². The number of ketones is 1. The monoisotopic (exact) mass is 732 g/mol. The highest BCUT2D eigenvalue weighted by Crippen LogP contribution is 2.17. The van der Waals surface area contributed by atoms with Crippen LogP contribution in [0, 0.1) is 0 Å². The molecule has 0 bridgehead atoms. The van der Waals surface area contributed by atoms with Crippen LogP contribution in [0.25, 0.3) is 0 Å². The maximum Gasteiger partial charge on any atom is 0.251 e. The van der Waals surface area contributed by atoms with E-state index >= 15 is 0 Å². The molecular formula is C35H76Cl3N7O2. The molecule has 0 rings (SSSR count). The highest BCUT2D eigenvalue weighted by atomic mass is 35.5. The Morgan fingerprint density at radius 2 is 0.957 bits per heavy atom. The number of unbranched alkanes of at least 4 members (excludes halogenated alkanes) is 20. The molecule has 0 spiro atoms. The summed E-state index contributed by atoms with van der Waals surface area (Å²) in [6, 6.07) is -0.896. The van der Waals surface area contributed by atoms with Gasteiger partial charge in [-0.25, -0.2) is 0 Å². The number of amides is 1. The highest BCUT2D eigenvalue weighted by molar-refractivity contribution is 6.12. The van der Waals surface area contributed by atoms with Gasteiger partial charge in [0, 0.05) is 26.2 Å². The third-order valence-corrected chi connectivity index (χ3v) is 8.80. The van der Waals surface area contributed by atoms with Crippen molar-refractivity contribution in [2.24, 2.45) is 33.7 Å². The van der Waals surface area contributed by atoms with Gasteiger partial charge in [-0.2, -0.15) is 0 Å². The van der Waals surface area contributed by atoms with E-state index in [0.717, 1.165) is 25.7 Å². The molecule has 1 unspecified atom stereocenters. The maximum absolute atomic E-state index is 13.8. The Kier molecular flexibility index (Phi) is 41.1. The zero-order valence-corrected chi connectivity index (χ0v) is 32.6. The normalized spacial score (nSPS) is 12.5. The SMILES string of the molecule is CCCCCCCCCCCCCCN(CCCCCCCCCCCC)C(=O)C(N)(CN)C(=O)[C@@H](N)CCCN=C(N)N.Cl.Cl.Cl. The van der Waals surface area contributed by atoms with Crippen LogP contribution in [0.1, 0.15) is 168 Å². The van der Waals surface area contributed by atoms with Crippen molar-refractivity contribution in [2.75, 3.05) is 26.2 Å². The summed E-state index contributed by atoms with van der Waals surface area (Å²) in [7, 11) is 0. The Bertz CT molecular complexity index is 746. The van der Waals surface area contributed by atoms with Gasteiger partial charge in [0.05, 0.1) is 6.04 Å². The zero-order chi connectivity index (χ0) is 32.9. The minimum atomic E-state index is -1.81. The smallest absolute Gasteiger partial charge is 0.251 e. The molecule has 2 atom stereocenters. The van der Waals surface area contributed by atoms with Gasteiger partial charge in [-0.05, 0) is 25.7 Å². The van der Waals surface area contributed by atoms with E-state index in [1.807, 2.05) is 0 Å². The second kappa shape index (κ2) is 36.4. The Hall–Kier alpha value is -0.840. The van der Waals surface area contributed by atoms with Gasteiger partial charge in [0.15, 0.2) is 17.3 Å². The summed E-state index contributed by atoms with van der Waals surface area (Å²) in [4.78, 5) is 32.8. The number of Topliss-reactive ketones (excluding diaryl/α,β-unsaturated/α-hetero) is 1. The molecule has 1 amide bonds. The van der Waals surface area contributed by atoms with E-state index in [4.69, 9.17) is 28.7 Å². The fourth-order valence-corrected chi connectivity index (χ4v) is 5.81. The summed E-state index contributed by atoms with van der Waals surface area (Å²) in [6.45, 7) is 5.79. The van der Waals surface area contributed by atoms with Crippen molar-refractivity contribution >= 4 is 54.9 Å². The Labute approximate surface area is 307 Å². The highest BCUT2D eigenvalue weighted by Gasteiger charge is 2.45. The minimum absolute atomic E-state index is 0. The lowest BCUT2D eigenvalue weighted by molar-refractivity contribution is -0.143. The van der Waals surface area contributed by atoms with E-state index in [9.17, 15) is 9.59 Å². The molecule has 0 saturated heterocycles. The van der Waals surface area contributed by atoms with Gasteiger partial charge in [0.2, 0.25) is 0 Å². The lowest BCUT2D eigenvalue weighted by Crippen LogP contribution is -2.68. The average molecular weight is 733 g/mol. The van der Waals surface area contributed by atoms with Crippen LogP contribution in [0.4, 0.5) is 0 Å². The van der Waals surface area contributed by atoms with Crippen LogP contribution in [0.15, 0.2) is 4.99 Å². The Morgan fingerprint density at radius 1 is 0.617 bits per heavy atom. The van der Waals surface area contributed by atoms with Gasteiger partial charge < -0.3 is 33.6 Å². The standard InChI is InChI=1S/C35H73N7O2.3ClH/c1-3-5-7-9-11-13-15-16-18-20-22-24-29-42(28-23-21-19-17-14-12-10-8-6-4-2)33(44)35(40,30-36)32(43)31(37)26-25-27-41-34(38)39;;;/h31H,3-30,36-37,40H2,1-2H3,(H4,38,39,41);3*1H/t31-,35?;;;/m0.../s1. The summed E-state index contributed by atoms with van der Waals surface area (Å²) in [6.07, 6.45) is 28.1. The fraction of sp³-hybridized carbons (Fsp3) is 0.914. The van der Waals surface area contributed by atoms with Crippen molar-refractivity contribution in [3.8, 4) is 0 Å². The minimum Gasteiger partial charge on any atom is -0.370 e. The number of halogens is 3. The number of hydrogen-bond donors (Lipinski definition) is 5. The number of carbonyl (C=O) groups is 2. The van der Waals surface area contributed by atoms with Crippen LogP contribution in [0.5, 0.6) is 0 Å². The van der Waals surface area contributed by atoms with Gasteiger partial charge >= 0.3 is 0 Å². The first kappa shape index (κ1) is 53.0. The molecule has 9 nitrogen and oxygen atoms in total. The predicted molar refractivity (Wildman–Crippen MR) is 210 cm³/mol. The first-order valence-corrected chi connectivity index (χ1v) is 18.4. The summed E-state index contributed by atoms with van der Waals surface area (Å²) in [5.74, 6) is -0.892. The van der Waals surface area contributed by atoms with Crippen molar-refractivity contribution in [1.29, 1.82) is 0 Å². The van der Waals surface area contributed by atoms with Gasteiger partial charge in [0.25, 0.3) is 5.91 Å². The van der Waals surface area contributed by atoms with Gasteiger partial charge in [-0.1, -0.05) is 142 Å². The molecule has 0 aromatic rings. The molecule has 0 aromatic heterocycles. The van der Waals surface area contributed by atoms with E-state index < -0.39 is 17.4 Å². The molecule has 0 fully saturated rings. The number of guanidine groups is 1. The Morgan fingerprint density at radius 3 is 1.28 bits per heavy atom. The molecule has 0 aromatic carbocycles.